The minimum Gasteiger partial charge on any atom is -0.358 e. The second-order valence-corrected chi connectivity index (χ2v) is 7.11. The molecule has 1 atom stereocenters. The van der Waals surface area contributed by atoms with Crippen molar-refractivity contribution in [3.8, 4) is 0 Å². The zero-order chi connectivity index (χ0) is 19.0. The first-order valence-electron chi connectivity index (χ1n) is 9.25. The first-order valence-corrected chi connectivity index (χ1v) is 9.25. The Morgan fingerprint density at radius 3 is 2.70 bits per heavy atom. The van der Waals surface area contributed by atoms with Crippen molar-refractivity contribution in [3.05, 3.63) is 59.4 Å². The van der Waals surface area contributed by atoms with Gasteiger partial charge in [0.1, 0.15) is 11.9 Å². The van der Waals surface area contributed by atoms with Crippen LogP contribution >= 0.6 is 0 Å². The average molecular weight is 367 g/mol. The van der Waals surface area contributed by atoms with E-state index in [-0.39, 0.29) is 23.7 Å². The molecular weight excluding hydrogens is 345 g/mol. The van der Waals surface area contributed by atoms with E-state index in [1.54, 1.807) is 36.2 Å². The molecule has 0 unspecified atom stereocenters. The van der Waals surface area contributed by atoms with E-state index in [0.717, 1.165) is 42.7 Å². The van der Waals surface area contributed by atoms with Crippen LogP contribution in [0.4, 0.5) is 15.8 Å². The van der Waals surface area contributed by atoms with E-state index >= 15 is 0 Å². The summed E-state index contributed by atoms with van der Waals surface area (Å²) < 4.78 is 13.0. The Morgan fingerprint density at radius 2 is 1.93 bits per heavy atom. The highest BCUT2D eigenvalue weighted by molar-refractivity contribution is 6.07. The third kappa shape index (κ3) is 3.27. The van der Waals surface area contributed by atoms with Gasteiger partial charge in [-0.3, -0.25) is 9.59 Å². The topological polar surface area (TPSA) is 52.7 Å². The first-order chi connectivity index (χ1) is 13.0. The summed E-state index contributed by atoms with van der Waals surface area (Å²) in [5.74, 6) is -0.432. The highest BCUT2D eigenvalue weighted by Crippen LogP contribution is 2.39. The number of hydrogen-bond acceptors (Lipinski definition) is 3. The summed E-state index contributed by atoms with van der Waals surface area (Å²) in [7, 11) is 1.77. The van der Waals surface area contributed by atoms with Crippen molar-refractivity contribution in [2.24, 2.45) is 0 Å². The van der Waals surface area contributed by atoms with E-state index < -0.39 is 0 Å². The highest BCUT2D eigenvalue weighted by Gasteiger charge is 2.37. The summed E-state index contributed by atoms with van der Waals surface area (Å²) in [6.07, 6.45) is 3.02. The Labute approximate surface area is 157 Å². The van der Waals surface area contributed by atoms with Gasteiger partial charge in [0.15, 0.2) is 0 Å². The molecule has 2 aromatic carbocycles. The number of fused-ring (bicyclic) bond motifs is 3. The van der Waals surface area contributed by atoms with Crippen LogP contribution in [-0.2, 0) is 11.3 Å². The van der Waals surface area contributed by atoms with Crippen LogP contribution in [0, 0.1) is 5.82 Å². The van der Waals surface area contributed by atoms with Gasteiger partial charge in [0.25, 0.3) is 5.91 Å². The van der Waals surface area contributed by atoms with Crippen LogP contribution in [-0.4, -0.2) is 31.4 Å². The van der Waals surface area contributed by atoms with Gasteiger partial charge >= 0.3 is 0 Å². The van der Waals surface area contributed by atoms with Gasteiger partial charge in [-0.25, -0.2) is 4.39 Å². The lowest BCUT2D eigenvalue weighted by Crippen LogP contribution is -2.54. The van der Waals surface area contributed by atoms with E-state index in [0.29, 0.717) is 12.1 Å². The van der Waals surface area contributed by atoms with E-state index in [1.807, 2.05) is 6.07 Å². The lowest BCUT2D eigenvalue weighted by atomic mass is 9.96. The fraction of sp³-hybridized carbons (Fsp3) is 0.333. The predicted molar refractivity (Wildman–Crippen MR) is 102 cm³/mol. The van der Waals surface area contributed by atoms with Crippen molar-refractivity contribution < 1.29 is 14.0 Å². The Morgan fingerprint density at radius 1 is 1.15 bits per heavy atom. The molecule has 140 valence electrons. The Hall–Kier alpha value is -2.89. The van der Waals surface area contributed by atoms with Crippen molar-refractivity contribution in [1.82, 2.24) is 5.32 Å². The summed E-state index contributed by atoms with van der Waals surface area (Å²) in [5, 5.41) is 2.85. The molecule has 6 heteroatoms. The highest BCUT2D eigenvalue weighted by atomic mass is 19.1. The number of amides is 2. The second-order valence-electron chi connectivity index (χ2n) is 7.11. The molecule has 0 aromatic heterocycles. The van der Waals surface area contributed by atoms with Crippen LogP contribution < -0.4 is 15.1 Å². The fourth-order valence-electron chi connectivity index (χ4n) is 3.88. The molecule has 1 saturated heterocycles. The number of likely N-dealkylation sites (N-methyl/N-ethyl adjacent to an activating group) is 1. The summed E-state index contributed by atoms with van der Waals surface area (Å²) >= 11 is 0. The minimum atomic E-state index is -0.302. The van der Waals surface area contributed by atoms with Gasteiger partial charge in [-0.05, 0) is 55.2 Å². The number of nitrogens with one attached hydrogen (secondary N) is 1. The van der Waals surface area contributed by atoms with Gasteiger partial charge in [0.05, 0.1) is 11.4 Å². The van der Waals surface area contributed by atoms with Gasteiger partial charge in [0, 0.05) is 25.7 Å². The van der Waals surface area contributed by atoms with Crippen LogP contribution in [0.3, 0.4) is 0 Å². The fourth-order valence-corrected chi connectivity index (χ4v) is 3.88. The first kappa shape index (κ1) is 17.5. The molecule has 0 bridgehead atoms. The molecule has 2 heterocycles. The van der Waals surface area contributed by atoms with E-state index in [4.69, 9.17) is 0 Å². The molecular formula is C21H22FN3O2. The lowest BCUT2D eigenvalue weighted by Gasteiger charge is -2.44. The number of hydrogen-bond donors (Lipinski definition) is 1. The van der Waals surface area contributed by atoms with Gasteiger partial charge in [0.2, 0.25) is 5.91 Å². The third-order valence-electron chi connectivity index (χ3n) is 5.39. The van der Waals surface area contributed by atoms with Crippen molar-refractivity contribution in [2.45, 2.75) is 31.8 Å². The number of piperidine rings is 1. The lowest BCUT2D eigenvalue weighted by molar-refractivity contribution is -0.120. The normalized spacial score (nSPS) is 18.7. The number of benzene rings is 2. The summed E-state index contributed by atoms with van der Waals surface area (Å²) in [6.45, 7) is 1.19. The van der Waals surface area contributed by atoms with Crippen LogP contribution in [0.5, 0.6) is 0 Å². The molecule has 2 aliphatic rings. The second kappa shape index (κ2) is 7.02. The maximum atomic E-state index is 13.0. The number of anilines is 2. The van der Waals surface area contributed by atoms with Crippen molar-refractivity contribution in [2.75, 3.05) is 23.4 Å². The van der Waals surface area contributed by atoms with Crippen molar-refractivity contribution >= 4 is 23.2 Å². The maximum absolute atomic E-state index is 13.0. The molecule has 27 heavy (non-hydrogen) atoms. The monoisotopic (exact) mass is 367 g/mol. The van der Waals surface area contributed by atoms with Crippen LogP contribution in [0.15, 0.2) is 42.5 Å². The predicted octanol–water partition coefficient (Wildman–Crippen LogP) is 3.09. The zero-order valence-corrected chi connectivity index (χ0v) is 15.2. The quantitative estimate of drug-likeness (QED) is 0.907. The summed E-state index contributed by atoms with van der Waals surface area (Å²) in [5.41, 5.74) is 3.11. The number of carbonyl (C=O) groups excluding carboxylic acids is 2. The van der Waals surface area contributed by atoms with Gasteiger partial charge in [-0.15, -0.1) is 0 Å². The molecule has 0 saturated carbocycles. The standard InChI is InChI=1S/C21H22FN3O2/c1-24-19-12-15(20(26)23-13-14-5-8-16(22)9-6-14)7-10-17(19)25-11-3-2-4-18(25)21(24)27/h5-10,12,18H,2-4,11,13H2,1H3,(H,23,26)/t18-/m0/s1. The van der Waals surface area contributed by atoms with Gasteiger partial charge in [-0.2, -0.15) is 0 Å². The number of halogens is 1. The zero-order valence-electron chi connectivity index (χ0n) is 15.2. The molecule has 2 aliphatic heterocycles. The molecule has 4 rings (SSSR count). The van der Waals surface area contributed by atoms with E-state index in [1.165, 1.54) is 12.1 Å². The molecule has 0 aliphatic carbocycles. The molecule has 5 nitrogen and oxygen atoms in total. The maximum Gasteiger partial charge on any atom is 0.251 e. The third-order valence-corrected chi connectivity index (χ3v) is 5.39. The molecule has 0 spiro atoms. The van der Waals surface area contributed by atoms with Gasteiger partial charge < -0.3 is 15.1 Å². The van der Waals surface area contributed by atoms with Gasteiger partial charge in [-0.1, -0.05) is 12.1 Å². The summed E-state index contributed by atoms with van der Waals surface area (Å²) in [6, 6.07) is 11.5. The SMILES string of the molecule is CN1C(=O)[C@@H]2CCCCN2c2ccc(C(=O)NCc3ccc(F)cc3)cc21. The minimum absolute atomic E-state index is 0.0885. The average Bonchev–Trinajstić information content (AvgIpc) is 2.71. The number of nitrogens with zero attached hydrogens (tertiary/aromatic N) is 2. The molecule has 2 amide bonds. The van der Waals surface area contributed by atoms with E-state index in [9.17, 15) is 14.0 Å². The molecule has 1 N–H and O–H groups in total. The Kier molecular flexibility index (Phi) is 4.56. The molecule has 1 fully saturated rings. The van der Waals surface area contributed by atoms with Crippen molar-refractivity contribution in [3.63, 3.8) is 0 Å². The molecule has 0 radical (unpaired) electrons. The van der Waals surface area contributed by atoms with Crippen LogP contribution in [0.1, 0.15) is 35.2 Å². The summed E-state index contributed by atoms with van der Waals surface area (Å²) in [4.78, 5) is 29.1. The Balaban J connectivity index is 1.54. The Bertz CT molecular complexity index is 881. The largest absolute Gasteiger partial charge is 0.358 e. The van der Waals surface area contributed by atoms with Crippen LogP contribution in [0.25, 0.3) is 0 Å². The van der Waals surface area contributed by atoms with E-state index in [2.05, 4.69) is 10.2 Å². The number of carbonyl (C=O) groups is 2. The molecule has 2 aromatic rings. The van der Waals surface area contributed by atoms with Crippen LogP contribution in [0.2, 0.25) is 0 Å². The smallest absolute Gasteiger partial charge is 0.251 e. The van der Waals surface area contributed by atoms with Crippen molar-refractivity contribution in [1.29, 1.82) is 0 Å². The number of rotatable bonds is 3.